The van der Waals surface area contributed by atoms with Crippen LogP contribution in [0.3, 0.4) is 0 Å². The maximum atomic E-state index is 12.4. The number of hydrogen-bond acceptors (Lipinski definition) is 4. The van der Waals surface area contributed by atoms with E-state index in [9.17, 15) is 13.2 Å². The van der Waals surface area contributed by atoms with Crippen LogP contribution in [0.15, 0.2) is 59.5 Å². The van der Waals surface area contributed by atoms with Gasteiger partial charge in [0.1, 0.15) is 0 Å². The van der Waals surface area contributed by atoms with E-state index < -0.39 is 10.0 Å². The van der Waals surface area contributed by atoms with E-state index in [1.165, 1.54) is 25.3 Å². The van der Waals surface area contributed by atoms with Gasteiger partial charge in [0, 0.05) is 17.6 Å². The lowest BCUT2D eigenvalue weighted by atomic mass is 10.1. The van der Waals surface area contributed by atoms with Crippen molar-refractivity contribution in [2.24, 2.45) is 0 Å². The first-order chi connectivity index (χ1) is 14.4. The monoisotopic (exact) mass is 447 g/mol. The Morgan fingerprint density at radius 2 is 1.80 bits per heavy atom. The summed E-state index contributed by atoms with van der Waals surface area (Å²) in [6, 6.07) is 14.1. The van der Waals surface area contributed by atoms with Crippen molar-refractivity contribution in [2.45, 2.75) is 23.8 Å². The molecule has 3 rings (SSSR count). The molecule has 1 amide bonds. The van der Waals surface area contributed by atoms with Gasteiger partial charge in [-0.2, -0.15) is 0 Å². The van der Waals surface area contributed by atoms with Crippen molar-refractivity contribution in [3.63, 3.8) is 0 Å². The van der Waals surface area contributed by atoms with E-state index in [2.05, 4.69) is 14.9 Å². The van der Waals surface area contributed by atoms with Crippen LogP contribution in [0.2, 0.25) is 5.02 Å². The third kappa shape index (κ3) is 5.70. The van der Waals surface area contributed by atoms with Crippen LogP contribution in [0.4, 0.5) is 0 Å². The summed E-state index contributed by atoms with van der Waals surface area (Å²) >= 11 is 6.41. The van der Waals surface area contributed by atoms with Crippen molar-refractivity contribution in [2.75, 3.05) is 26.7 Å². The zero-order chi connectivity index (χ0) is 21.6. The third-order valence-electron chi connectivity index (χ3n) is 5.20. The molecule has 2 aromatic rings. The summed E-state index contributed by atoms with van der Waals surface area (Å²) in [6.07, 6.45) is 5.41. The maximum Gasteiger partial charge on any atom is 0.244 e. The predicted molar refractivity (Wildman–Crippen MR) is 120 cm³/mol. The Labute approximate surface area is 183 Å². The van der Waals surface area contributed by atoms with Gasteiger partial charge in [0.15, 0.2) is 0 Å². The smallest absolute Gasteiger partial charge is 0.244 e. The van der Waals surface area contributed by atoms with Crippen LogP contribution in [0.5, 0.6) is 0 Å². The molecule has 1 saturated heterocycles. The van der Waals surface area contributed by atoms with E-state index in [1.807, 2.05) is 24.3 Å². The Bertz CT molecular complexity index is 1000. The normalized spacial score (nSPS) is 16.1. The Hall–Kier alpha value is -2.19. The van der Waals surface area contributed by atoms with Gasteiger partial charge in [-0.25, -0.2) is 13.1 Å². The molecular weight excluding hydrogens is 422 g/mol. The second-order valence-electron chi connectivity index (χ2n) is 7.14. The zero-order valence-corrected chi connectivity index (χ0v) is 18.4. The van der Waals surface area contributed by atoms with Crippen molar-refractivity contribution in [3.05, 3.63) is 70.8 Å². The lowest BCUT2D eigenvalue weighted by Gasteiger charge is -2.28. The fourth-order valence-electron chi connectivity index (χ4n) is 3.54. The summed E-state index contributed by atoms with van der Waals surface area (Å²) in [7, 11) is -2.10. The van der Waals surface area contributed by atoms with Crippen LogP contribution < -0.4 is 10.0 Å². The number of halogens is 1. The average Bonchev–Trinajstić information content (AvgIpc) is 3.28. The number of benzene rings is 2. The van der Waals surface area contributed by atoms with Gasteiger partial charge in [-0.15, -0.1) is 0 Å². The molecule has 2 N–H and O–H groups in total. The standard InChI is InChI=1S/C22H26ClN3O3S/c1-24-30(28,29)18-11-8-17(9-12-18)10-13-22(27)25-16-21(26-14-4-5-15-26)19-6-2-3-7-20(19)23/h2-3,6-13,21,24H,4-5,14-16H2,1H3,(H,25,27)/b13-10+. The van der Waals surface area contributed by atoms with E-state index in [0.717, 1.165) is 37.1 Å². The van der Waals surface area contributed by atoms with Crippen molar-refractivity contribution >= 4 is 33.6 Å². The number of hydrogen-bond donors (Lipinski definition) is 2. The molecule has 1 unspecified atom stereocenters. The Kier molecular flexibility index (Phi) is 7.66. The van der Waals surface area contributed by atoms with Crippen molar-refractivity contribution in [3.8, 4) is 0 Å². The summed E-state index contributed by atoms with van der Waals surface area (Å²) in [5, 5.41) is 3.67. The molecule has 1 aliphatic rings. The van der Waals surface area contributed by atoms with E-state index in [4.69, 9.17) is 11.6 Å². The molecule has 1 heterocycles. The molecule has 1 fully saturated rings. The highest BCUT2D eigenvalue weighted by molar-refractivity contribution is 7.89. The molecule has 2 aromatic carbocycles. The van der Waals surface area contributed by atoms with E-state index >= 15 is 0 Å². The van der Waals surface area contributed by atoms with Gasteiger partial charge >= 0.3 is 0 Å². The van der Waals surface area contributed by atoms with Crippen LogP contribution in [0, 0.1) is 0 Å². The summed E-state index contributed by atoms with van der Waals surface area (Å²) in [6.45, 7) is 2.44. The molecule has 30 heavy (non-hydrogen) atoms. The van der Waals surface area contributed by atoms with Crippen LogP contribution in [0.1, 0.15) is 30.0 Å². The molecule has 0 radical (unpaired) electrons. The van der Waals surface area contributed by atoms with Crippen LogP contribution >= 0.6 is 11.6 Å². The lowest BCUT2D eigenvalue weighted by Crippen LogP contribution is -2.36. The van der Waals surface area contributed by atoms with Crippen molar-refractivity contribution < 1.29 is 13.2 Å². The molecule has 0 spiro atoms. The van der Waals surface area contributed by atoms with Gasteiger partial charge in [-0.05, 0) is 68.4 Å². The largest absolute Gasteiger partial charge is 0.351 e. The molecule has 0 aromatic heterocycles. The van der Waals surface area contributed by atoms with Crippen molar-refractivity contribution in [1.29, 1.82) is 0 Å². The Morgan fingerprint density at radius 1 is 1.13 bits per heavy atom. The van der Waals surface area contributed by atoms with Gasteiger partial charge in [-0.3, -0.25) is 9.69 Å². The molecule has 8 heteroatoms. The quantitative estimate of drug-likeness (QED) is 0.609. The highest BCUT2D eigenvalue weighted by Crippen LogP contribution is 2.29. The predicted octanol–water partition coefficient (Wildman–Crippen LogP) is 3.21. The number of nitrogens with zero attached hydrogens (tertiary/aromatic N) is 1. The first-order valence-electron chi connectivity index (χ1n) is 9.89. The number of carbonyl (C=O) groups is 1. The van der Waals surface area contributed by atoms with Gasteiger partial charge < -0.3 is 5.32 Å². The zero-order valence-electron chi connectivity index (χ0n) is 16.8. The molecular formula is C22H26ClN3O3S. The van der Waals surface area contributed by atoms with Crippen LogP contribution in [-0.4, -0.2) is 45.9 Å². The minimum atomic E-state index is -3.47. The molecule has 0 bridgehead atoms. The summed E-state index contributed by atoms with van der Waals surface area (Å²) in [5.41, 5.74) is 1.76. The molecule has 160 valence electrons. The summed E-state index contributed by atoms with van der Waals surface area (Å²) in [5.74, 6) is -0.210. The second-order valence-corrected chi connectivity index (χ2v) is 9.43. The molecule has 0 aliphatic carbocycles. The summed E-state index contributed by atoms with van der Waals surface area (Å²) in [4.78, 5) is 14.9. The fourth-order valence-corrected chi connectivity index (χ4v) is 4.53. The van der Waals surface area contributed by atoms with E-state index in [-0.39, 0.29) is 16.8 Å². The first kappa shape index (κ1) is 22.5. The van der Waals surface area contributed by atoms with Gasteiger partial charge in [-0.1, -0.05) is 41.9 Å². The second kappa shape index (κ2) is 10.2. The number of carbonyl (C=O) groups excluding carboxylic acids is 1. The SMILES string of the molecule is CNS(=O)(=O)c1ccc(/C=C/C(=O)NCC(c2ccccc2Cl)N2CCCC2)cc1. The fraction of sp³-hybridized carbons (Fsp3) is 0.318. The number of nitrogens with one attached hydrogen (secondary N) is 2. The molecule has 1 atom stereocenters. The van der Waals surface area contributed by atoms with Gasteiger partial charge in [0.2, 0.25) is 15.9 Å². The first-order valence-corrected chi connectivity index (χ1v) is 11.7. The topological polar surface area (TPSA) is 78.5 Å². The van der Waals surface area contributed by atoms with Crippen molar-refractivity contribution in [1.82, 2.24) is 14.9 Å². The van der Waals surface area contributed by atoms with Crippen LogP contribution in [0.25, 0.3) is 6.08 Å². The highest BCUT2D eigenvalue weighted by atomic mass is 35.5. The highest BCUT2D eigenvalue weighted by Gasteiger charge is 2.25. The molecule has 6 nitrogen and oxygen atoms in total. The van der Waals surface area contributed by atoms with E-state index in [0.29, 0.717) is 11.6 Å². The Balaban J connectivity index is 1.63. The third-order valence-corrected chi connectivity index (χ3v) is 6.98. The maximum absolute atomic E-state index is 12.4. The number of amides is 1. The minimum absolute atomic E-state index is 0.0320. The minimum Gasteiger partial charge on any atom is -0.351 e. The van der Waals surface area contributed by atoms with E-state index in [1.54, 1.807) is 18.2 Å². The molecule has 1 aliphatic heterocycles. The van der Waals surface area contributed by atoms with Gasteiger partial charge in [0.05, 0.1) is 10.9 Å². The number of sulfonamides is 1. The number of rotatable bonds is 8. The van der Waals surface area contributed by atoms with Crippen LogP contribution in [-0.2, 0) is 14.8 Å². The Morgan fingerprint density at radius 3 is 2.43 bits per heavy atom. The summed E-state index contributed by atoms with van der Waals surface area (Å²) < 4.78 is 25.8. The average molecular weight is 448 g/mol. The lowest BCUT2D eigenvalue weighted by molar-refractivity contribution is -0.116. The molecule has 0 saturated carbocycles. The van der Waals surface area contributed by atoms with Gasteiger partial charge in [0.25, 0.3) is 0 Å². The number of likely N-dealkylation sites (tertiary alicyclic amines) is 1.